The van der Waals surface area contributed by atoms with Gasteiger partial charge in [-0.3, -0.25) is 14.4 Å². The quantitative estimate of drug-likeness (QED) is 0.277. The maximum Gasteiger partial charge on any atom is 0.416 e. The van der Waals surface area contributed by atoms with Crippen LogP contribution < -0.4 is 9.62 Å². The Morgan fingerprint density at radius 1 is 1.18 bits per heavy atom. The van der Waals surface area contributed by atoms with E-state index in [4.69, 9.17) is 11.6 Å². The Bertz CT molecular complexity index is 1250. The number of anilines is 2. The van der Waals surface area contributed by atoms with E-state index < -0.39 is 39.9 Å². The molecule has 0 atom stereocenters. The van der Waals surface area contributed by atoms with Crippen LogP contribution in [0.25, 0.3) is 0 Å². The first-order chi connectivity index (χ1) is 16.0. The number of rotatable bonds is 9. The summed E-state index contributed by atoms with van der Waals surface area (Å²) in [6.45, 7) is 1.16. The molecule has 1 amide bonds. The first-order valence-electron chi connectivity index (χ1n) is 9.73. The predicted octanol–water partition coefficient (Wildman–Crippen LogP) is 5.55. The summed E-state index contributed by atoms with van der Waals surface area (Å²) in [4.78, 5) is 12.5. The molecule has 7 nitrogen and oxygen atoms in total. The number of benzene rings is 2. The zero-order valence-electron chi connectivity index (χ0n) is 17.5. The Labute approximate surface area is 207 Å². The van der Waals surface area contributed by atoms with E-state index in [0.29, 0.717) is 14.7 Å². The molecule has 0 unspecified atom stereocenters. The molecule has 1 N–H and O–H groups in total. The zero-order chi connectivity index (χ0) is 24.9. The first-order valence-corrected chi connectivity index (χ1v) is 13.3. The maximum absolute atomic E-state index is 13.3. The van der Waals surface area contributed by atoms with Gasteiger partial charge in [-0.1, -0.05) is 59.8 Å². The first kappa shape index (κ1) is 26.3. The highest BCUT2D eigenvalue weighted by atomic mass is 35.5. The number of carbonyl (C=O) groups excluding carboxylic acids is 1. The van der Waals surface area contributed by atoms with Gasteiger partial charge >= 0.3 is 6.18 Å². The van der Waals surface area contributed by atoms with Crippen LogP contribution in [0.4, 0.5) is 24.0 Å². The average molecular weight is 551 g/mol. The molecule has 0 aliphatic rings. The van der Waals surface area contributed by atoms with Gasteiger partial charge in [-0.05, 0) is 36.8 Å². The molecule has 2 aromatic carbocycles. The fourth-order valence-corrected chi connectivity index (χ4v) is 6.11. The Morgan fingerprint density at radius 3 is 2.53 bits per heavy atom. The minimum absolute atomic E-state index is 0.135. The van der Waals surface area contributed by atoms with E-state index in [-0.39, 0.29) is 15.0 Å². The van der Waals surface area contributed by atoms with Crippen molar-refractivity contribution in [2.75, 3.05) is 21.9 Å². The lowest BCUT2D eigenvalue weighted by atomic mass is 10.2. The van der Waals surface area contributed by atoms with Crippen molar-refractivity contribution >= 4 is 61.4 Å². The van der Waals surface area contributed by atoms with Gasteiger partial charge in [-0.25, -0.2) is 8.42 Å². The number of thioether (sulfide) groups is 1. The standard InChI is InChI=1S/C20H18ClF3N4O3S3/c1-2-10-32-19-27-26-18(33-19)25-17(29)12-28(34(30,31)14-6-4-3-5-7-14)16-11-13(20(22,23)24)8-9-15(16)21/h3-9,11H,2,10,12H2,1H3,(H,25,26,29). The third kappa shape index (κ3) is 6.40. The lowest BCUT2D eigenvalue weighted by Gasteiger charge is -2.25. The number of nitrogens with one attached hydrogen (secondary N) is 1. The van der Waals surface area contributed by atoms with Crippen molar-refractivity contribution in [3.05, 3.63) is 59.1 Å². The highest BCUT2D eigenvalue weighted by Gasteiger charge is 2.34. The number of alkyl halides is 3. The van der Waals surface area contributed by atoms with Crippen molar-refractivity contribution in [3.63, 3.8) is 0 Å². The number of nitrogens with zero attached hydrogens (tertiary/aromatic N) is 3. The number of hydrogen-bond acceptors (Lipinski definition) is 7. The molecule has 1 aromatic heterocycles. The summed E-state index contributed by atoms with van der Waals surface area (Å²) in [5.74, 6) is -0.0177. The summed E-state index contributed by atoms with van der Waals surface area (Å²) >= 11 is 8.65. The van der Waals surface area contributed by atoms with Gasteiger partial charge in [0.25, 0.3) is 10.0 Å². The number of halogens is 4. The van der Waals surface area contributed by atoms with E-state index in [1.54, 1.807) is 6.07 Å². The van der Waals surface area contributed by atoms with Crippen LogP contribution in [0.15, 0.2) is 57.8 Å². The van der Waals surface area contributed by atoms with E-state index >= 15 is 0 Å². The highest BCUT2D eigenvalue weighted by Crippen LogP contribution is 2.37. The Kier molecular flexibility index (Phi) is 8.44. The number of hydrogen-bond donors (Lipinski definition) is 1. The van der Waals surface area contributed by atoms with Crippen LogP contribution in [0.5, 0.6) is 0 Å². The molecule has 0 aliphatic carbocycles. The molecule has 0 aliphatic heterocycles. The summed E-state index contributed by atoms with van der Waals surface area (Å²) in [6.07, 6.45) is -3.83. The van der Waals surface area contributed by atoms with Gasteiger partial charge in [-0.2, -0.15) is 13.2 Å². The molecule has 0 bridgehead atoms. The number of amides is 1. The van der Waals surface area contributed by atoms with E-state index in [0.717, 1.165) is 35.6 Å². The summed E-state index contributed by atoms with van der Waals surface area (Å²) < 4.78 is 67.8. The Morgan fingerprint density at radius 2 is 1.88 bits per heavy atom. The molecule has 1 heterocycles. The largest absolute Gasteiger partial charge is 0.416 e. The van der Waals surface area contributed by atoms with Crippen molar-refractivity contribution in [3.8, 4) is 0 Å². The Hall–Kier alpha value is -2.35. The molecule has 3 aromatic rings. The predicted molar refractivity (Wildman–Crippen MR) is 127 cm³/mol. The van der Waals surface area contributed by atoms with Crippen LogP contribution in [0.2, 0.25) is 5.02 Å². The molecule has 0 radical (unpaired) electrons. The molecule has 34 heavy (non-hydrogen) atoms. The number of aromatic nitrogens is 2. The molecule has 3 rings (SSSR count). The molecule has 182 valence electrons. The van der Waals surface area contributed by atoms with Gasteiger partial charge in [0, 0.05) is 5.75 Å². The normalized spacial score (nSPS) is 11.9. The monoisotopic (exact) mass is 550 g/mol. The van der Waals surface area contributed by atoms with E-state index in [1.165, 1.54) is 36.0 Å². The molecule has 0 spiro atoms. The lowest BCUT2D eigenvalue weighted by molar-refractivity contribution is -0.137. The second kappa shape index (κ2) is 10.9. The molecule has 0 saturated heterocycles. The van der Waals surface area contributed by atoms with Gasteiger partial charge in [0.15, 0.2) is 4.34 Å². The molecule has 0 fully saturated rings. The SMILES string of the molecule is CCCSc1nnc(NC(=O)CN(c2cc(C(F)(F)F)ccc2Cl)S(=O)(=O)c2ccccc2)s1. The van der Waals surface area contributed by atoms with Gasteiger partial charge in [0.05, 0.1) is 21.2 Å². The van der Waals surface area contributed by atoms with Crippen molar-refractivity contribution in [2.24, 2.45) is 0 Å². The van der Waals surface area contributed by atoms with Crippen LogP contribution in [0.3, 0.4) is 0 Å². The van der Waals surface area contributed by atoms with Crippen LogP contribution in [-0.4, -0.2) is 36.8 Å². The van der Waals surface area contributed by atoms with E-state index in [1.807, 2.05) is 6.92 Å². The third-order valence-corrected chi connectivity index (χ3v) is 8.51. The minimum atomic E-state index is -4.75. The maximum atomic E-state index is 13.3. The number of carbonyl (C=O) groups is 1. The van der Waals surface area contributed by atoms with Crippen LogP contribution in [-0.2, 0) is 21.0 Å². The van der Waals surface area contributed by atoms with Crippen molar-refractivity contribution < 1.29 is 26.4 Å². The average Bonchev–Trinajstić information content (AvgIpc) is 3.23. The summed E-state index contributed by atoms with van der Waals surface area (Å²) in [5.41, 5.74) is -1.59. The number of sulfonamides is 1. The van der Waals surface area contributed by atoms with E-state index in [2.05, 4.69) is 15.5 Å². The molecule has 14 heteroatoms. The minimum Gasteiger partial charge on any atom is -0.299 e. The summed E-state index contributed by atoms with van der Waals surface area (Å²) in [6, 6.07) is 9.29. The lowest BCUT2D eigenvalue weighted by Crippen LogP contribution is -2.38. The van der Waals surface area contributed by atoms with Crippen molar-refractivity contribution in [2.45, 2.75) is 28.8 Å². The summed E-state index contributed by atoms with van der Waals surface area (Å²) in [7, 11) is -4.45. The van der Waals surface area contributed by atoms with E-state index in [9.17, 15) is 26.4 Å². The molecule has 0 saturated carbocycles. The Balaban J connectivity index is 1.96. The van der Waals surface area contributed by atoms with Gasteiger partial charge in [0.1, 0.15) is 6.54 Å². The second-order valence-corrected chi connectivity index (χ2v) is 11.3. The van der Waals surface area contributed by atoms with Gasteiger partial charge < -0.3 is 0 Å². The van der Waals surface area contributed by atoms with Crippen LogP contribution in [0, 0.1) is 0 Å². The van der Waals surface area contributed by atoms with Crippen LogP contribution >= 0.6 is 34.7 Å². The highest BCUT2D eigenvalue weighted by molar-refractivity contribution is 8.01. The van der Waals surface area contributed by atoms with Gasteiger partial charge in [-0.15, -0.1) is 10.2 Å². The topological polar surface area (TPSA) is 92.3 Å². The zero-order valence-corrected chi connectivity index (χ0v) is 20.7. The fraction of sp³-hybridized carbons (Fsp3) is 0.250. The molecular formula is C20H18ClF3N4O3S3. The van der Waals surface area contributed by atoms with Crippen molar-refractivity contribution in [1.82, 2.24) is 10.2 Å². The van der Waals surface area contributed by atoms with Gasteiger partial charge in [0.2, 0.25) is 11.0 Å². The second-order valence-electron chi connectivity index (χ2n) is 6.76. The van der Waals surface area contributed by atoms with Crippen molar-refractivity contribution in [1.29, 1.82) is 0 Å². The smallest absolute Gasteiger partial charge is 0.299 e. The fourth-order valence-electron chi connectivity index (χ4n) is 2.70. The third-order valence-electron chi connectivity index (χ3n) is 4.24. The van der Waals surface area contributed by atoms with Crippen LogP contribution in [0.1, 0.15) is 18.9 Å². The molecular weight excluding hydrogens is 533 g/mol. The summed E-state index contributed by atoms with van der Waals surface area (Å²) in [5, 5.41) is 10.1.